The lowest BCUT2D eigenvalue weighted by atomic mass is 10.2. The predicted octanol–water partition coefficient (Wildman–Crippen LogP) is 1.92. The van der Waals surface area contributed by atoms with Gasteiger partial charge in [-0.15, -0.1) is 23.2 Å². The third-order valence-corrected chi connectivity index (χ3v) is 1.28. The van der Waals surface area contributed by atoms with E-state index in [1.54, 1.807) is 0 Å². The van der Waals surface area contributed by atoms with Crippen LogP contribution in [-0.4, -0.2) is 10.9 Å². The minimum Gasteiger partial charge on any atom is -0.328 e. The predicted molar refractivity (Wildman–Crippen MR) is 38.4 cm³/mol. The zero-order chi connectivity index (χ0) is 6.57. The van der Waals surface area contributed by atoms with Gasteiger partial charge in [-0.3, -0.25) is 0 Å². The quantitative estimate of drug-likeness (QED) is 0.620. The summed E-state index contributed by atoms with van der Waals surface area (Å²) in [7, 11) is 0. The summed E-state index contributed by atoms with van der Waals surface area (Å²) in [6, 6.07) is 0.218. The third-order valence-electron chi connectivity index (χ3n) is 0.840. The van der Waals surface area contributed by atoms with Crippen molar-refractivity contribution in [3.63, 3.8) is 0 Å². The van der Waals surface area contributed by atoms with Gasteiger partial charge in [-0.25, -0.2) is 0 Å². The maximum absolute atomic E-state index is 5.43. The summed E-state index contributed by atoms with van der Waals surface area (Å²) in [5, 5.41) is 0. The monoisotopic (exact) mass is 155 g/mol. The molecule has 8 heavy (non-hydrogen) atoms. The minimum absolute atomic E-state index is 0.218. The molecule has 0 fully saturated rings. The van der Waals surface area contributed by atoms with Crippen LogP contribution in [0.4, 0.5) is 0 Å². The average Bonchev–Trinajstić information content (AvgIpc) is 1.61. The first kappa shape index (κ1) is 8.54. The summed E-state index contributed by atoms with van der Waals surface area (Å²) in [6.45, 7) is 1.94. The van der Waals surface area contributed by atoms with Crippen molar-refractivity contribution in [1.82, 2.24) is 0 Å². The second-order valence-electron chi connectivity index (χ2n) is 1.95. The standard InChI is InChI=1S/C5H11Cl2N/c1-4(8)2-3-5(6)7/h4-5H,2-3,8H2,1H3. The lowest BCUT2D eigenvalue weighted by Crippen LogP contribution is -2.15. The molecule has 2 N–H and O–H groups in total. The van der Waals surface area contributed by atoms with Crippen molar-refractivity contribution in [2.45, 2.75) is 30.6 Å². The van der Waals surface area contributed by atoms with Gasteiger partial charge in [-0.1, -0.05) is 0 Å². The smallest absolute Gasteiger partial charge is 0.107 e. The van der Waals surface area contributed by atoms with Crippen LogP contribution >= 0.6 is 23.2 Å². The molecule has 0 saturated heterocycles. The van der Waals surface area contributed by atoms with Crippen LogP contribution in [0.3, 0.4) is 0 Å². The molecule has 0 rings (SSSR count). The van der Waals surface area contributed by atoms with Crippen LogP contribution in [0.15, 0.2) is 0 Å². The first-order valence-corrected chi connectivity index (χ1v) is 3.54. The molecular formula is C5H11Cl2N. The van der Waals surface area contributed by atoms with Crippen LogP contribution in [-0.2, 0) is 0 Å². The maximum Gasteiger partial charge on any atom is 0.107 e. The molecule has 3 heteroatoms. The van der Waals surface area contributed by atoms with Gasteiger partial charge >= 0.3 is 0 Å². The van der Waals surface area contributed by atoms with Crippen molar-refractivity contribution in [3.8, 4) is 0 Å². The van der Waals surface area contributed by atoms with Crippen molar-refractivity contribution >= 4 is 23.2 Å². The largest absolute Gasteiger partial charge is 0.328 e. The highest BCUT2D eigenvalue weighted by atomic mass is 35.5. The van der Waals surface area contributed by atoms with Crippen LogP contribution in [0.5, 0.6) is 0 Å². The Labute approximate surface area is 60.1 Å². The summed E-state index contributed by atoms with van der Waals surface area (Å²) in [5.41, 5.74) is 5.42. The number of hydrogen-bond acceptors (Lipinski definition) is 1. The number of hydrogen-bond donors (Lipinski definition) is 1. The molecule has 50 valence electrons. The van der Waals surface area contributed by atoms with E-state index in [2.05, 4.69) is 0 Å². The van der Waals surface area contributed by atoms with Gasteiger partial charge in [-0.05, 0) is 19.8 Å². The second kappa shape index (κ2) is 4.42. The molecule has 1 nitrogen and oxygen atoms in total. The molecule has 0 amide bonds. The topological polar surface area (TPSA) is 26.0 Å². The van der Waals surface area contributed by atoms with Crippen molar-refractivity contribution in [2.75, 3.05) is 0 Å². The molecule has 0 saturated carbocycles. The average molecular weight is 156 g/mol. The Bertz CT molecular complexity index is 46.4. The fourth-order valence-corrected chi connectivity index (χ4v) is 0.641. The summed E-state index contributed by atoms with van der Waals surface area (Å²) in [4.78, 5) is -0.249. The van der Waals surface area contributed by atoms with E-state index in [-0.39, 0.29) is 10.9 Å². The summed E-state index contributed by atoms with van der Waals surface area (Å²) in [6.07, 6.45) is 1.69. The molecule has 0 heterocycles. The lowest BCUT2D eigenvalue weighted by Gasteiger charge is -2.03. The van der Waals surface area contributed by atoms with Crippen molar-refractivity contribution in [3.05, 3.63) is 0 Å². The molecule has 0 aliphatic heterocycles. The number of alkyl halides is 2. The maximum atomic E-state index is 5.43. The summed E-state index contributed by atoms with van der Waals surface area (Å²) >= 11 is 10.9. The van der Waals surface area contributed by atoms with E-state index in [1.165, 1.54) is 0 Å². The number of rotatable bonds is 3. The summed E-state index contributed by atoms with van der Waals surface area (Å²) < 4.78 is 0. The Hall–Kier alpha value is 0.540. The van der Waals surface area contributed by atoms with Crippen molar-refractivity contribution in [1.29, 1.82) is 0 Å². The molecule has 0 aromatic rings. The minimum atomic E-state index is -0.249. The van der Waals surface area contributed by atoms with Gasteiger partial charge in [0.2, 0.25) is 0 Å². The van der Waals surface area contributed by atoms with Gasteiger partial charge in [0.25, 0.3) is 0 Å². The van der Waals surface area contributed by atoms with E-state index in [1.807, 2.05) is 6.92 Å². The van der Waals surface area contributed by atoms with E-state index in [0.717, 1.165) is 12.8 Å². The third kappa shape index (κ3) is 6.54. The Morgan fingerprint density at radius 1 is 1.38 bits per heavy atom. The van der Waals surface area contributed by atoms with Crippen LogP contribution in [0.2, 0.25) is 0 Å². The zero-order valence-electron chi connectivity index (χ0n) is 4.90. The molecule has 0 aliphatic rings. The fraction of sp³-hybridized carbons (Fsp3) is 1.00. The molecule has 0 bridgehead atoms. The van der Waals surface area contributed by atoms with Crippen molar-refractivity contribution in [2.24, 2.45) is 5.73 Å². The van der Waals surface area contributed by atoms with Gasteiger partial charge in [0, 0.05) is 6.04 Å². The van der Waals surface area contributed by atoms with E-state index >= 15 is 0 Å². The molecule has 0 radical (unpaired) electrons. The highest BCUT2D eigenvalue weighted by molar-refractivity contribution is 6.44. The van der Waals surface area contributed by atoms with Gasteiger partial charge in [0.15, 0.2) is 0 Å². The molecule has 0 aromatic carbocycles. The highest BCUT2D eigenvalue weighted by Gasteiger charge is 1.99. The highest BCUT2D eigenvalue weighted by Crippen LogP contribution is 2.09. The molecular weight excluding hydrogens is 145 g/mol. The van der Waals surface area contributed by atoms with Crippen LogP contribution in [0, 0.1) is 0 Å². The van der Waals surface area contributed by atoms with Gasteiger partial charge in [-0.2, -0.15) is 0 Å². The Morgan fingerprint density at radius 2 is 1.88 bits per heavy atom. The van der Waals surface area contributed by atoms with Crippen LogP contribution in [0.1, 0.15) is 19.8 Å². The van der Waals surface area contributed by atoms with E-state index < -0.39 is 0 Å². The van der Waals surface area contributed by atoms with Crippen molar-refractivity contribution < 1.29 is 0 Å². The van der Waals surface area contributed by atoms with E-state index in [4.69, 9.17) is 28.9 Å². The second-order valence-corrected chi connectivity index (χ2v) is 3.22. The molecule has 1 unspecified atom stereocenters. The summed E-state index contributed by atoms with van der Waals surface area (Å²) in [5.74, 6) is 0. The molecule has 0 aromatic heterocycles. The van der Waals surface area contributed by atoms with E-state index in [9.17, 15) is 0 Å². The van der Waals surface area contributed by atoms with Crippen LogP contribution in [0.25, 0.3) is 0 Å². The normalized spacial score (nSPS) is 14.6. The Balaban J connectivity index is 2.93. The van der Waals surface area contributed by atoms with E-state index in [0.29, 0.717) is 0 Å². The molecule has 0 spiro atoms. The van der Waals surface area contributed by atoms with Crippen LogP contribution < -0.4 is 5.73 Å². The van der Waals surface area contributed by atoms with Gasteiger partial charge in [0.05, 0.1) is 0 Å². The molecule has 1 atom stereocenters. The Morgan fingerprint density at radius 3 is 2.00 bits per heavy atom. The first-order valence-electron chi connectivity index (χ1n) is 2.66. The SMILES string of the molecule is CC(N)CCC(Cl)Cl. The first-order chi connectivity index (χ1) is 3.63. The number of nitrogens with two attached hydrogens (primary N) is 1. The molecule has 0 aliphatic carbocycles. The van der Waals surface area contributed by atoms with Gasteiger partial charge in [0.1, 0.15) is 4.84 Å². The van der Waals surface area contributed by atoms with Gasteiger partial charge < -0.3 is 5.73 Å². The fourth-order valence-electron chi connectivity index (χ4n) is 0.389. The Kier molecular flexibility index (Phi) is 4.72. The lowest BCUT2D eigenvalue weighted by molar-refractivity contribution is 0.645. The zero-order valence-corrected chi connectivity index (χ0v) is 6.41. The number of halogens is 2.